The van der Waals surface area contributed by atoms with E-state index in [4.69, 9.17) is 4.74 Å². The van der Waals surface area contributed by atoms with Crippen LogP contribution in [0.3, 0.4) is 0 Å². The van der Waals surface area contributed by atoms with Gasteiger partial charge in [0, 0.05) is 23.8 Å². The lowest BCUT2D eigenvalue weighted by molar-refractivity contribution is -0.118. The number of morpholine rings is 1. The zero-order valence-electron chi connectivity index (χ0n) is 14.1. The van der Waals surface area contributed by atoms with Gasteiger partial charge >= 0.3 is 6.03 Å². The zero-order chi connectivity index (χ0) is 17.0. The van der Waals surface area contributed by atoms with Gasteiger partial charge in [-0.3, -0.25) is 4.79 Å². The molecule has 6 nitrogen and oxygen atoms in total. The van der Waals surface area contributed by atoms with E-state index in [1.165, 1.54) is 0 Å². The summed E-state index contributed by atoms with van der Waals surface area (Å²) in [5.74, 6) is -0.145. The van der Waals surface area contributed by atoms with E-state index in [-0.39, 0.29) is 30.0 Å². The van der Waals surface area contributed by atoms with E-state index in [0.717, 1.165) is 0 Å². The van der Waals surface area contributed by atoms with Gasteiger partial charge in [-0.1, -0.05) is 19.9 Å². The van der Waals surface area contributed by atoms with Crippen LogP contribution in [0.4, 0.5) is 16.2 Å². The maximum Gasteiger partial charge on any atom is 0.322 e. The SMILES string of the molecule is CC(C)C(=O)Nc1cccc(NC(=O)N2CCO[C@H](C)[C@H]2C)c1. The molecule has 6 heteroatoms. The van der Waals surface area contributed by atoms with Crippen LogP contribution in [0.5, 0.6) is 0 Å². The molecule has 1 heterocycles. The molecule has 0 bridgehead atoms. The fourth-order valence-corrected chi connectivity index (χ4v) is 2.38. The number of ether oxygens (including phenoxy) is 1. The van der Waals surface area contributed by atoms with E-state index in [0.29, 0.717) is 24.5 Å². The fraction of sp³-hybridized carbons (Fsp3) is 0.529. The number of urea groups is 1. The number of nitrogens with zero attached hydrogens (tertiary/aromatic N) is 1. The molecule has 126 valence electrons. The molecule has 1 fully saturated rings. The van der Waals surface area contributed by atoms with E-state index in [1.807, 2.05) is 27.7 Å². The van der Waals surface area contributed by atoms with Gasteiger partial charge in [0.15, 0.2) is 0 Å². The fourth-order valence-electron chi connectivity index (χ4n) is 2.38. The molecule has 23 heavy (non-hydrogen) atoms. The van der Waals surface area contributed by atoms with Gasteiger partial charge in [0.1, 0.15) is 0 Å². The Balaban J connectivity index is 2.02. The van der Waals surface area contributed by atoms with Gasteiger partial charge in [0.05, 0.1) is 18.8 Å². The molecule has 2 N–H and O–H groups in total. The Hall–Kier alpha value is -2.08. The monoisotopic (exact) mass is 319 g/mol. The summed E-state index contributed by atoms with van der Waals surface area (Å²) < 4.78 is 5.54. The molecule has 2 atom stereocenters. The van der Waals surface area contributed by atoms with Gasteiger partial charge in [0.25, 0.3) is 0 Å². The third-order valence-electron chi connectivity index (χ3n) is 4.05. The molecule has 0 spiro atoms. The van der Waals surface area contributed by atoms with Crippen molar-refractivity contribution in [2.24, 2.45) is 5.92 Å². The number of anilines is 2. The van der Waals surface area contributed by atoms with Gasteiger partial charge in [-0.25, -0.2) is 4.79 Å². The molecule has 0 radical (unpaired) electrons. The van der Waals surface area contributed by atoms with Crippen molar-refractivity contribution < 1.29 is 14.3 Å². The molecule has 1 saturated heterocycles. The average molecular weight is 319 g/mol. The number of amides is 3. The Labute approximate surface area is 137 Å². The Bertz CT molecular complexity index is 574. The summed E-state index contributed by atoms with van der Waals surface area (Å²) in [5.41, 5.74) is 1.33. The van der Waals surface area contributed by atoms with E-state index in [9.17, 15) is 9.59 Å². The molecule has 1 aromatic carbocycles. The molecule has 0 unspecified atom stereocenters. The van der Waals surface area contributed by atoms with E-state index in [2.05, 4.69) is 10.6 Å². The highest BCUT2D eigenvalue weighted by Gasteiger charge is 2.29. The van der Waals surface area contributed by atoms with E-state index in [1.54, 1.807) is 29.2 Å². The highest BCUT2D eigenvalue weighted by atomic mass is 16.5. The first-order valence-corrected chi connectivity index (χ1v) is 7.98. The molecular weight excluding hydrogens is 294 g/mol. The van der Waals surface area contributed by atoms with Gasteiger partial charge in [-0.2, -0.15) is 0 Å². The van der Waals surface area contributed by atoms with Crippen LogP contribution in [0.1, 0.15) is 27.7 Å². The second-order valence-corrected chi connectivity index (χ2v) is 6.16. The number of carbonyl (C=O) groups is 2. The van der Waals surface area contributed by atoms with Crippen LogP contribution in [-0.2, 0) is 9.53 Å². The topological polar surface area (TPSA) is 70.7 Å². The van der Waals surface area contributed by atoms with E-state index >= 15 is 0 Å². The zero-order valence-corrected chi connectivity index (χ0v) is 14.1. The van der Waals surface area contributed by atoms with Crippen molar-refractivity contribution in [2.75, 3.05) is 23.8 Å². The van der Waals surface area contributed by atoms with Crippen molar-refractivity contribution in [2.45, 2.75) is 39.8 Å². The molecule has 0 aromatic heterocycles. The first kappa shape index (κ1) is 17.3. The number of nitrogens with one attached hydrogen (secondary N) is 2. The lowest BCUT2D eigenvalue weighted by Gasteiger charge is -2.37. The predicted molar refractivity (Wildman–Crippen MR) is 90.5 cm³/mol. The van der Waals surface area contributed by atoms with Crippen molar-refractivity contribution in [3.63, 3.8) is 0 Å². The maximum atomic E-state index is 12.4. The Morgan fingerprint density at radius 1 is 1.22 bits per heavy atom. The molecule has 1 aliphatic heterocycles. The van der Waals surface area contributed by atoms with Crippen molar-refractivity contribution in [3.05, 3.63) is 24.3 Å². The van der Waals surface area contributed by atoms with Crippen molar-refractivity contribution in [1.29, 1.82) is 0 Å². The van der Waals surface area contributed by atoms with Crippen LogP contribution < -0.4 is 10.6 Å². The van der Waals surface area contributed by atoms with Crippen LogP contribution in [0, 0.1) is 5.92 Å². The number of hydrogen-bond acceptors (Lipinski definition) is 3. The van der Waals surface area contributed by atoms with Gasteiger partial charge in [-0.05, 0) is 32.0 Å². The summed E-state index contributed by atoms with van der Waals surface area (Å²) in [6.07, 6.45) is 0.0196. The van der Waals surface area contributed by atoms with Gasteiger partial charge < -0.3 is 20.3 Å². The summed E-state index contributed by atoms with van der Waals surface area (Å²) >= 11 is 0. The summed E-state index contributed by atoms with van der Waals surface area (Å²) in [7, 11) is 0. The van der Waals surface area contributed by atoms with Crippen molar-refractivity contribution in [1.82, 2.24) is 4.90 Å². The van der Waals surface area contributed by atoms with Crippen LogP contribution in [0.15, 0.2) is 24.3 Å². The Morgan fingerprint density at radius 3 is 2.52 bits per heavy atom. The third kappa shape index (κ3) is 4.45. The lowest BCUT2D eigenvalue weighted by Crippen LogP contribution is -2.52. The largest absolute Gasteiger partial charge is 0.375 e. The highest BCUT2D eigenvalue weighted by Crippen LogP contribution is 2.19. The Kier molecular flexibility index (Phi) is 5.60. The van der Waals surface area contributed by atoms with Gasteiger partial charge in [0.2, 0.25) is 5.91 Å². The first-order valence-electron chi connectivity index (χ1n) is 7.98. The predicted octanol–water partition coefficient (Wildman–Crippen LogP) is 2.92. The number of carbonyl (C=O) groups excluding carboxylic acids is 2. The minimum Gasteiger partial charge on any atom is -0.375 e. The van der Waals surface area contributed by atoms with E-state index < -0.39 is 0 Å². The third-order valence-corrected chi connectivity index (χ3v) is 4.05. The lowest BCUT2D eigenvalue weighted by atomic mass is 10.1. The maximum absolute atomic E-state index is 12.4. The number of hydrogen-bond donors (Lipinski definition) is 2. The number of rotatable bonds is 3. The van der Waals surface area contributed by atoms with Crippen LogP contribution in [0.2, 0.25) is 0 Å². The summed E-state index contributed by atoms with van der Waals surface area (Å²) in [4.78, 5) is 26.0. The second kappa shape index (κ2) is 7.46. The minimum absolute atomic E-state index is 0.0196. The summed E-state index contributed by atoms with van der Waals surface area (Å²) in [6.45, 7) is 8.73. The highest BCUT2D eigenvalue weighted by molar-refractivity contribution is 5.94. The number of benzene rings is 1. The summed E-state index contributed by atoms with van der Waals surface area (Å²) in [5, 5.41) is 5.71. The quantitative estimate of drug-likeness (QED) is 0.900. The van der Waals surface area contributed by atoms with Crippen molar-refractivity contribution in [3.8, 4) is 0 Å². The molecule has 1 aliphatic rings. The molecule has 0 aliphatic carbocycles. The molecule has 3 amide bonds. The average Bonchev–Trinajstić information content (AvgIpc) is 2.50. The van der Waals surface area contributed by atoms with Crippen LogP contribution >= 0.6 is 0 Å². The molecular formula is C17H25N3O3. The van der Waals surface area contributed by atoms with Crippen LogP contribution in [0.25, 0.3) is 0 Å². The van der Waals surface area contributed by atoms with Crippen molar-refractivity contribution >= 4 is 23.3 Å². The van der Waals surface area contributed by atoms with Crippen LogP contribution in [-0.4, -0.2) is 42.1 Å². The standard InChI is InChI=1S/C17H25N3O3/c1-11(2)16(21)18-14-6-5-7-15(10-14)19-17(22)20-8-9-23-13(4)12(20)3/h5-7,10-13H,8-9H2,1-4H3,(H,18,21)(H,19,22)/t12-,13-/m1/s1. The molecule has 2 rings (SSSR count). The normalized spacial score (nSPS) is 21.2. The summed E-state index contributed by atoms with van der Waals surface area (Å²) in [6, 6.07) is 7.03. The molecule has 0 saturated carbocycles. The first-order chi connectivity index (χ1) is 10.9. The smallest absolute Gasteiger partial charge is 0.322 e. The second-order valence-electron chi connectivity index (χ2n) is 6.16. The Morgan fingerprint density at radius 2 is 1.87 bits per heavy atom. The molecule has 1 aromatic rings. The van der Waals surface area contributed by atoms with Gasteiger partial charge in [-0.15, -0.1) is 0 Å². The minimum atomic E-state index is -0.153.